The number of hydrogen-bond acceptors (Lipinski definition) is 2. The van der Waals surface area contributed by atoms with Crippen molar-refractivity contribution in [3.05, 3.63) is 17.7 Å². The second kappa shape index (κ2) is 4.26. The summed E-state index contributed by atoms with van der Waals surface area (Å²) < 4.78 is 2.19. The van der Waals surface area contributed by atoms with Crippen molar-refractivity contribution >= 4 is 0 Å². The molecule has 0 radical (unpaired) electrons. The van der Waals surface area contributed by atoms with Gasteiger partial charge in [0.2, 0.25) is 0 Å². The van der Waals surface area contributed by atoms with E-state index >= 15 is 0 Å². The van der Waals surface area contributed by atoms with E-state index in [0.29, 0.717) is 0 Å². The third kappa shape index (κ3) is 2.34. The summed E-state index contributed by atoms with van der Waals surface area (Å²) >= 11 is 0. The SMILES string of the molecule is Cc1cn(CCCCN)c(C)n1. The fraction of sp³-hybridized carbons (Fsp3) is 0.667. The van der Waals surface area contributed by atoms with Crippen LogP contribution in [-0.4, -0.2) is 16.1 Å². The zero-order valence-electron chi connectivity index (χ0n) is 7.88. The van der Waals surface area contributed by atoms with Crippen LogP contribution in [0.1, 0.15) is 24.4 Å². The normalized spacial score (nSPS) is 10.6. The summed E-state index contributed by atoms with van der Waals surface area (Å²) in [6.45, 7) is 5.89. The van der Waals surface area contributed by atoms with Crippen molar-refractivity contribution in [3.8, 4) is 0 Å². The van der Waals surface area contributed by atoms with E-state index in [1.165, 1.54) is 0 Å². The molecule has 0 saturated carbocycles. The summed E-state index contributed by atoms with van der Waals surface area (Å²) in [7, 11) is 0. The van der Waals surface area contributed by atoms with Gasteiger partial charge in [-0.15, -0.1) is 0 Å². The largest absolute Gasteiger partial charge is 0.335 e. The molecule has 2 N–H and O–H groups in total. The number of unbranched alkanes of at least 4 members (excludes halogenated alkanes) is 1. The highest BCUT2D eigenvalue weighted by Gasteiger charge is 1.98. The molecule has 1 rings (SSSR count). The minimum absolute atomic E-state index is 0.784. The number of aromatic nitrogens is 2. The van der Waals surface area contributed by atoms with Gasteiger partial charge in [0, 0.05) is 12.7 Å². The van der Waals surface area contributed by atoms with Crippen LogP contribution >= 0.6 is 0 Å². The molecule has 0 saturated heterocycles. The van der Waals surface area contributed by atoms with Crippen LogP contribution in [0.15, 0.2) is 6.20 Å². The first kappa shape index (κ1) is 9.26. The molecule has 1 aromatic heterocycles. The van der Waals surface area contributed by atoms with Gasteiger partial charge in [0.05, 0.1) is 5.69 Å². The zero-order valence-corrected chi connectivity index (χ0v) is 7.88. The van der Waals surface area contributed by atoms with Gasteiger partial charge in [0.25, 0.3) is 0 Å². The van der Waals surface area contributed by atoms with Crippen LogP contribution in [0.25, 0.3) is 0 Å². The van der Waals surface area contributed by atoms with E-state index in [1.54, 1.807) is 0 Å². The first-order chi connectivity index (χ1) is 5.74. The van der Waals surface area contributed by atoms with Gasteiger partial charge in [-0.05, 0) is 33.2 Å². The molecule has 0 amide bonds. The smallest absolute Gasteiger partial charge is 0.105 e. The lowest BCUT2D eigenvalue weighted by molar-refractivity contribution is 0.601. The monoisotopic (exact) mass is 167 g/mol. The topological polar surface area (TPSA) is 43.8 Å². The Morgan fingerprint density at radius 1 is 1.42 bits per heavy atom. The molecule has 1 heterocycles. The van der Waals surface area contributed by atoms with E-state index in [4.69, 9.17) is 5.73 Å². The molecule has 0 aliphatic heterocycles. The minimum Gasteiger partial charge on any atom is -0.335 e. The summed E-state index contributed by atoms with van der Waals surface area (Å²) in [5.41, 5.74) is 6.51. The van der Waals surface area contributed by atoms with Gasteiger partial charge in [-0.1, -0.05) is 0 Å². The predicted molar refractivity (Wildman–Crippen MR) is 50.0 cm³/mol. The second-order valence-corrected chi connectivity index (χ2v) is 3.12. The highest BCUT2D eigenvalue weighted by molar-refractivity contribution is 4.99. The van der Waals surface area contributed by atoms with Gasteiger partial charge in [-0.3, -0.25) is 0 Å². The summed E-state index contributed by atoms with van der Waals surface area (Å²) in [6.07, 6.45) is 4.33. The molecule has 0 unspecified atom stereocenters. The molecule has 68 valence electrons. The fourth-order valence-corrected chi connectivity index (χ4v) is 1.32. The average molecular weight is 167 g/mol. The van der Waals surface area contributed by atoms with Crippen molar-refractivity contribution in [3.63, 3.8) is 0 Å². The van der Waals surface area contributed by atoms with Crippen LogP contribution in [0.3, 0.4) is 0 Å². The maximum absolute atomic E-state index is 5.41. The van der Waals surface area contributed by atoms with E-state index < -0.39 is 0 Å². The number of imidazole rings is 1. The molecule has 3 nitrogen and oxygen atoms in total. The fourth-order valence-electron chi connectivity index (χ4n) is 1.32. The van der Waals surface area contributed by atoms with Crippen molar-refractivity contribution < 1.29 is 0 Å². The Kier molecular flexibility index (Phi) is 3.29. The standard InChI is InChI=1S/C9H17N3/c1-8-7-12(9(2)11-8)6-4-3-5-10/h7H,3-6,10H2,1-2H3. The Morgan fingerprint density at radius 3 is 2.67 bits per heavy atom. The highest BCUT2D eigenvalue weighted by atomic mass is 15.1. The van der Waals surface area contributed by atoms with Crippen molar-refractivity contribution in [2.45, 2.75) is 33.2 Å². The van der Waals surface area contributed by atoms with Crippen LogP contribution in [0, 0.1) is 13.8 Å². The van der Waals surface area contributed by atoms with E-state index in [9.17, 15) is 0 Å². The molecule has 0 fully saturated rings. The van der Waals surface area contributed by atoms with Crippen LogP contribution in [0.5, 0.6) is 0 Å². The predicted octanol–water partition coefficient (Wildman–Crippen LogP) is 1.24. The molecule has 3 heteroatoms. The third-order valence-corrected chi connectivity index (χ3v) is 1.95. The van der Waals surface area contributed by atoms with Crippen LogP contribution in [0.2, 0.25) is 0 Å². The van der Waals surface area contributed by atoms with Crippen LogP contribution in [-0.2, 0) is 6.54 Å². The summed E-state index contributed by atoms with van der Waals surface area (Å²) in [4.78, 5) is 4.32. The number of rotatable bonds is 4. The first-order valence-electron chi connectivity index (χ1n) is 4.44. The molecule has 0 aromatic carbocycles. The number of nitrogens with zero attached hydrogens (tertiary/aromatic N) is 2. The Labute approximate surface area is 73.6 Å². The molecular weight excluding hydrogens is 150 g/mol. The molecule has 0 aliphatic carbocycles. The summed E-state index contributed by atoms with van der Waals surface area (Å²) in [5.74, 6) is 1.10. The molecule has 12 heavy (non-hydrogen) atoms. The maximum Gasteiger partial charge on any atom is 0.105 e. The van der Waals surface area contributed by atoms with Crippen molar-refractivity contribution in [1.29, 1.82) is 0 Å². The number of nitrogens with two attached hydrogens (primary N) is 1. The molecule has 0 atom stereocenters. The highest BCUT2D eigenvalue weighted by Crippen LogP contribution is 2.02. The lowest BCUT2D eigenvalue weighted by Gasteiger charge is -2.02. The van der Waals surface area contributed by atoms with Crippen LogP contribution < -0.4 is 5.73 Å². The summed E-state index contributed by atoms with van der Waals surface area (Å²) in [6, 6.07) is 0. The Morgan fingerprint density at radius 2 is 2.17 bits per heavy atom. The van der Waals surface area contributed by atoms with Crippen LogP contribution in [0.4, 0.5) is 0 Å². The van der Waals surface area contributed by atoms with Gasteiger partial charge in [0.15, 0.2) is 0 Å². The summed E-state index contributed by atoms with van der Waals surface area (Å²) in [5, 5.41) is 0. The van der Waals surface area contributed by atoms with Gasteiger partial charge < -0.3 is 10.3 Å². The lowest BCUT2D eigenvalue weighted by atomic mass is 10.3. The second-order valence-electron chi connectivity index (χ2n) is 3.12. The molecule has 0 spiro atoms. The Balaban J connectivity index is 2.45. The third-order valence-electron chi connectivity index (χ3n) is 1.95. The lowest BCUT2D eigenvalue weighted by Crippen LogP contribution is -2.03. The molecular formula is C9H17N3. The van der Waals surface area contributed by atoms with Gasteiger partial charge >= 0.3 is 0 Å². The van der Waals surface area contributed by atoms with Gasteiger partial charge in [-0.2, -0.15) is 0 Å². The van der Waals surface area contributed by atoms with Crippen molar-refractivity contribution in [2.24, 2.45) is 5.73 Å². The van der Waals surface area contributed by atoms with E-state index in [-0.39, 0.29) is 0 Å². The average Bonchev–Trinajstić information content (AvgIpc) is 2.31. The van der Waals surface area contributed by atoms with E-state index in [1.807, 2.05) is 13.8 Å². The Bertz CT molecular complexity index is 240. The number of hydrogen-bond donors (Lipinski definition) is 1. The van der Waals surface area contributed by atoms with E-state index in [0.717, 1.165) is 37.4 Å². The first-order valence-corrected chi connectivity index (χ1v) is 4.44. The molecule has 0 aliphatic rings. The zero-order chi connectivity index (χ0) is 8.97. The molecule has 0 bridgehead atoms. The molecule has 1 aromatic rings. The maximum atomic E-state index is 5.41. The van der Waals surface area contributed by atoms with Gasteiger partial charge in [-0.25, -0.2) is 4.98 Å². The van der Waals surface area contributed by atoms with E-state index in [2.05, 4.69) is 15.7 Å². The minimum atomic E-state index is 0.784. The van der Waals surface area contributed by atoms with Crippen molar-refractivity contribution in [1.82, 2.24) is 9.55 Å². The van der Waals surface area contributed by atoms with Crippen molar-refractivity contribution in [2.75, 3.05) is 6.54 Å². The quantitative estimate of drug-likeness (QED) is 0.686. The number of aryl methyl sites for hydroxylation is 3. The van der Waals surface area contributed by atoms with Gasteiger partial charge in [0.1, 0.15) is 5.82 Å². The Hall–Kier alpha value is -0.830.